The Hall–Kier alpha value is -1.24. The highest BCUT2D eigenvalue weighted by Crippen LogP contribution is 2.15. The molecule has 72 valence electrons. The molecule has 0 fully saturated rings. The number of hydrogen-bond donors (Lipinski definition) is 1. The van der Waals surface area contributed by atoms with Crippen molar-refractivity contribution in [1.29, 1.82) is 0 Å². The topological polar surface area (TPSA) is 26.0 Å². The molecule has 0 unspecified atom stereocenters. The molecule has 0 saturated carbocycles. The van der Waals surface area contributed by atoms with Crippen LogP contribution < -0.4 is 5.73 Å². The molecular formula is C12H19N. The van der Waals surface area contributed by atoms with Crippen molar-refractivity contribution in [2.24, 2.45) is 5.73 Å². The Morgan fingerprint density at radius 3 is 2.38 bits per heavy atom. The van der Waals surface area contributed by atoms with Crippen LogP contribution >= 0.6 is 0 Å². The van der Waals surface area contributed by atoms with Crippen molar-refractivity contribution in [3.05, 3.63) is 47.7 Å². The molecule has 0 radical (unpaired) electrons. The molecule has 0 atom stereocenters. The highest BCUT2D eigenvalue weighted by molar-refractivity contribution is 5.39. The van der Waals surface area contributed by atoms with Gasteiger partial charge >= 0.3 is 0 Å². The normalized spacial score (nSPS) is 13.8. The van der Waals surface area contributed by atoms with Gasteiger partial charge < -0.3 is 5.73 Å². The fourth-order valence-electron chi connectivity index (χ4n) is 0.900. The SMILES string of the molecule is C=C(/C=C\C=C/N)/C(C)=C(\C)CC. The Morgan fingerprint density at radius 1 is 1.31 bits per heavy atom. The zero-order chi connectivity index (χ0) is 10.3. The summed E-state index contributed by atoms with van der Waals surface area (Å²) in [6.07, 6.45) is 8.24. The van der Waals surface area contributed by atoms with Gasteiger partial charge in [0.25, 0.3) is 0 Å². The van der Waals surface area contributed by atoms with Crippen LogP contribution in [0.5, 0.6) is 0 Å². The van der Waals surface area contributed by atoms with Gasteiger partial charge in [-0.2, -0.15) is 0 Å². The van der Waals surface area contributed by atoms with E-state index in [-0.39, 0.29) is 0 Å². The van der Waals surface area contributed by atoms with Gasteiger partial charge in [0.15, 0.2) is 0 Å². The van der Waals surface area contributed by atoms with E-state index in [4.69, 9.17) is 5.73 Å². The first-order valence-electron chi connectivity index (χ1n) is 4.54. The second-order valence-corrected chi connectivity index (χ2v) is 3.03. The molecule has 0 aromatic carbocycles. The molecule has 0 aliphatic rings. The second-order valence-electron chi connectivity index (χ2n) is 3.03. The summed E-state index contributed by atoms with van der Waals surface area (Å²) in [5.41, 5.74) is 8.91. The van der Waals surface area contributed by atoms with E-state index in [1.54, 1.807) is 6.08 Å². The lowest BCUT2D eigenvalue weighted by atomic mass is 10.0. The lowest BCUT2D eigenvalue weighted by Crippen LogP contribution is -1.84. The first-order valence-corrected chi connectivity index (χ1v) is 4.54. The van der Waals surface area contributed by atoms with Gasteiger partial charge in [-0.1, -0.05) is 31.2 Å². The maximum Gasteiger partial charge on any atom is -0.00624 e. The van der Waals surface area contributed by atoms with E-state index in [9.17, 15) is 0 Å². The molecule has 1 heteroatoms. The minimum atomic E-state index is 1.05. The molecule has 13 heavy (non-hydrogen) atoms. The molecule has 0 aromatic rings. The highest BCUT2D eigenvalue weighted by atomic mass is 14.5. The van der Waals surface area contributed by atoms with Crippen molar-refractivity contribution in [2.45, 2.75) is 27.2 Å². The lowest BCUT2D eigenvalue weighted by molar-refractivity contribution is 1.06. The van der Waals surface area contributed by atoms with E-state index in [0.717, 1.165) is 12.0 Å². The van der Waals surface area contributed by atoms with E-state index < -0.39 is 0 Å². The second kappa shape index (κ2) is 6.30. The molecule has 1 nitrogen and oxygen atoms in total. The predicted molar refractivity (Wildman–Crippen MR) is 60.3 cm³/mol. The van der Waals surface area contributed by atoms with Gasteiger partial charge in [-0.3, -0.25) is 0 Å². The highest BCUT2D eigenvalue weighted by Gasteiger charge is 1.95. The summed E-state index contributed by atoms with van der Waals surface area (Å²) < 4.78 is 0. The van der Waals surface area contributed by atoms with Crippen molar-refractivity contribution in [2.75, 3.05) is 0 Å². The molecule has 0 aliphatic heterocycles. The molecule has 2 N–H and O–H groups in total. The fraction of sp³-hybridized carbons (Fsp3) is 0.333. The zero-order valence-electron chi connectivity index (χ0n) is 8.80. The Kier molecular flexibility index (Phi) is 5.69. The molecule has 0 spiro atoms. The quantitative estimate of drug-likeness (QED) is 0.655. The standard InChI is InChI=1S/C12H19N/c1-5-10(2)12(4)11(3)8-6-7-9-13/h6-9H,3,5,13H2,1-2,4H3/b8-6-,9-7-,12-10+. The third-order valence-corrected chi connectivity index (χ3v) is 2.17. The summed E-state index contributed by atoms with van der Waals surface area (Å²) in [6.45, 7) is 10.4. The van der Waals surface area contributed by atoms with E-state index in [0.29, 0.717) is 0 Å². The molecule has 0 aliphatic carbocycles. The van der Waals surface area contributed by atoms with Crippen LogP contribution in [0.2, 0.25) is 0 Å². The van der Waals surface area contributed by atoms with E-state index in [1.807, 2.05) is 12.2 Å². The van der Waals surface area contributed by atoms with Crippen LogP contribution in [0.25, 0.3) is 0 Å². The van der Waals surface area contributed by atoms with Crippen LogP contribution in [-0.2, 0) is 0 Å². The minimum absolute atomic E-state index is 1.05. The van der Waals surface area contributed by atoms with Gasteiger partial charge in [0.1, 0.15) is 0 Å². The smallest absolute Gasteiger partial charge is 0.00624 e. The number of nitrogens with two attached hydrogens (primary N) is 1. The van der Waals surface area contributed by atoms with E-state index in [2.05, 4.69) is 27.4 Å². The Labute approximate surface area is 81.3 Å². The van der Waals surface area contributed by atoms with Crippen LogP contribution in [0.1, 0.15) is 27.2 Å². The Bertz CT molecular complexity index is 254. The van der Waals surface area contributed by atoms with Gasteiger partial charge in [-0.05, 0) is 43.7 Å². The fourth-order valence-corrected chi connectivity index (χ4v) is 0.900. The van der Waals surface area contributed by atoms with Crippen LogP contribution in [0.4, 0.5) is 0 Å². The Morgan fingerprint density at radius 2 is 1.92 bits per heavy atom. The average molecular weight is 177 g/mol. The van der Waals surface area contributed by atoms with Crippen LogP contribution in [0, 0.1) is 0 Å². The van der Waals surface area contributed by atoms with Crippen molar-refractivity contribution < 1.29 is 0 Å². The summed E-state index contributed by atoms with van der Waals surface area (Å²) in [4.78, 5) is 0. The van der Waals surface area contributed by atoms with Gasteiger partial charge in [-0.15, -0.1) is 0 Å². The van der Waals surface area contributed by atoms with Crippen LogP contribution in [0.3, 0.4) is 0 Å². The summed E-state index contributed by atoms with van der Waals surface area (Å²) in [5.74, 6) is 0. The van der Waals surface area contributed by atoms with Crippen LogP contribution in [0.15, 0.2) is 47.7 Å². The third kappa shape index (κ3) is 4.36. The zero-order valence-corrected chi connectivity index (χ0v) is 8.80. The average Bonchev–Trinajstić information content (AvgIpc) is 2.15. The monoisotopic (exact) mass is 177 g/mol. The lowest BCUT2D eigenvalue weighted by Gasteiger charge is -2.04. The first kappa shape index (κ1) is 11.8. The van der Waals surface area contributed by atoms with Crippen molar-refractivity contribution >= 4 is 0 Å². The Balaban J connectivity index is 4.44. The van der Waals surface area contributed by atoms with Gasteiger partial charge in [-0.25, -0.2) is 0 Å². The number of allylic oxidation sites excluding steroid dienone is 6. The molecule has 0 bridgehead atoms. The van der Waals surface area contributed by atoms with Gasteiger partial charge in [0.05, 0.1) is 0 Å². The minimum Gasteiger partial charge on any atom is -0.405 e. The number of rotatable bonds is 4. The summed E-state index contributed by atoms with van der Waals surface area (Å²) in [6, 6.07) is 0. The van der Waals surface area contributed by atoms with Crippen molar-refractivity contribution in [3.63, 3.8) is 0 Å². The maximum absolute atomic E-state index is 5.20. The molecular weight excluding hydrogens is 158 g/mol. The maximum atomic E-state index is 5.20. The van der Waals surface area contributed by atoms with Gasteiger partial charge in [0.2, 0.25) is 0 Å². The first-order chi connectivity index (χ1) is 6.13. The molecule has 0 aromatic heterocycles. The molecule has 0 saturated heterocycles. The largest absolute Gasteiger partial charge is 0.405 e. The summed E-state index contributed by atoms with van der Waals surface area (Å²) >= 11 is 0. The van der Waals surface area contributed by atoms with Crippen molar-refractivity contribution in [1.82, 2.24) is 0 Å². The third-order valence-electron chi connectivity index (χ3n) is 2.17. The summed E-state index contributed by atoms with van der Waals surface area (Å²) in [5, 5.41) is 0. The van der Waals surface area contributed by atoms with Gasteiger partial charge in [0, 0.05) is 0 Å². The predicted octanol–water partition coefficient (Wildman–Crippen LogP) is 3.32. The molecule has 0 heterocycles. The van der Waals surface area contributed by atoms with E-state index in [1.165, 1.54) is 17.3 Å². The van der Waals surface area contributed by atoms with Crippen LogP contribution in [-0.4, -0.2) is 0 Å². The van der Waals surface area contributed by atoms with E-state index >= 15 is 0 Å². The molecule has 0 amide bonds. The van der Waals surface area contributed by atoms with Crippen molar-refractivity contribution in [3.8, 4) is 0 Å². The number of hydrogen-bond acceptors (Lipinski definition) is 1. The summed E-state index contributed by atoms with van der Waals surface area (Å²) in [7, 11) is 0. The molecule has 0 rings (SSSR count).